The largest absolute Gasteiger partial charge is 0.269 e. The van der Waals surface area contributed by atoms with Gasteiger partial charge in [-0.1, -0.05) is 35.9 Å². The summed E-state index contributed by atoms with van der Waals surface area (Å²) in [5, 5.41) is 0. The number of rotatable bonds is 2. The van der Waals surface area contributed by atoms with Crippen LogP contribution in [0.5, 0.6) is 0 Å². The van der Waals surface area contributed by atoms with Crippen molar-refractivity contribution in [3.8, 4) is 0 Å². The second kappa shape index (κ2) is 9.18. The van der Waals surface area contributed by atoms with Crippen molar-refractivity contribution in [3.63, 3.8) is 0 Å². The van der Waals surface area contributed by atoms with Gasteiger partial charge in [-0.25, -0.2) is 0 Å². The molecular formula is C4H10FI. The zero-order valence-corrected chi connectivity index (χ0v) is 6.07. The molecule has 0 aromatic heterocycles. The molecule has 2 heteroatoms. The molecule has 0 nitrogen and oxygen atoms in total. The summed E-state index contributed by atoms with van der Waals surface area (Å²) < 4.78 is 1.31. The van der Waals surface area contributed by atoms with Gasteiger partial charge in [0.05, 0.1) is 0 Å². The lowest BCUT2D eigenvalue weighted by atomic mass is 10.4. The fourth-order valence-corrected chi connectivity index (χ4v) is 0.896. The lowest BCUT2D eigenvalue weighted by molar-refractivity contribution is 0.907. The standard InChI is InChI=1S/C4H9I.FH/c1-2-3-4-5;/h2-4H2,1H3;1H. The SMILES string of the molecule is CCCCI.F. The van der Waals surface area contributed by atoms with Gasteiger partial charge in [0.1, 0.15) is 0 Å². The van der Waals surface area contributed by atoms with E-state index < -0.39 is 0 Å². The Labute approximate surface area is 51.8 Å². The third-order valence-corrected chi connectivity index (χ3v) is 1.25. The van der Waals surface area contributed by atoms with Gasteiger partial charge in [-0.2, -0.15) is 0 Å². The van der Waals surface area contributed by atoms with Crippen molar-refractivity contribution in [2.45, 2.75) is 19.8 Å². The van der Waals surface area contributed by atoms with Crippen LogP contribution in [0.15, 0.2) is 0 Å². The summed E-state index contributed by atoms with van der Waals surface area (Å²) in [5.74, 6) is 0. The number of hydrogen-bond donors (Lipinski definition) is 0. The monoisotopic (exact) mass is 204 g/mol. The van der Waals surface area contributed by atoms with Gasteiger partial charge in [-0.05, 0) is 10.8 Å². The van der Waals surface area contributed by atoms with Crippen LogP contribution in [0.4, 0.5) is 4.70 Å². The van der Waals surface area contributed by atoms with Gasteiger partial charge in [0.2, 0.25) is 0 Å². The molecule has 0 unspecified atom stereocenters. The summed E-state index contributed by atoms with van der Waals surface area (Å²) in [5.41, 5.74) is 0. The average Bonchev–Trinajstić information content (AvgIpc) is 1.41. The van der Waals surface area contributed by atoms with Gasteiger partial charge in [0, 0.05) is 0 Å². The Morgan fingerprint density at radius 1 is 1.50 bits per heavy atom. The van der Waals surface area contributed by atoms with Crippen LogP contribution in [0.3, 0.4) is 0 Å². The van der Waals surface area contributed by atoms with E-state index in [-0.39, 0.29) is 4.70 Å². The summed E-state index contributed by atoms with van der Waals surface area (Å²) >= 11 is 2.39. The van der Waals surface area contributed by atoms with E-state index in [1.807, 2.05) is 0 Å². The minimum atomic E-state index is 0. The fourth-order valence-electron chi connectivity index (χ4n) is 0.134. The van der Waals surface area contributed by atoms with Gasteiger partial charge in [0.25, 0.3) is 0 Å². The first-order valence-corrected chi connectivity index (χ1v) is 3.50. The van der Waals surface area contributed by atoms with Crippen LogP contribution in [0, 0.1) is 0 Å². The van der Waals surface area contributed by atoms with Crippen molar-refractivity contribution in [3.05, 3.63) is 0 Å². The van der Waals surface area contributed by atoms with E-state index >= 15 is 0 Å². The Balaban J connectivity index is 0. The smallest absolute Gasteiger partial charge is 0.000483 e. The first-order valence-electron chi connectivity index (χ1n) is 1.97. The maximum atomic E-state index is 2.39. The molecule has 0 aliphatic rings. The van der Waals surface area contributed by atoms with Crippen molar-refractivity contribution >= 4 is 22.6 Å². The van der Waals surface area contributed by atoms with Gasteiger partial charge >= 0.3 is 0 Å². The molecular weight excluding hydrogens is 194 g/mol. The highest BCUT2D eigenvalue weighted by molar-refractivity contribution is 14.1. The molecule has 0 aliphatic heterocycles. The number of halogens is 2. The van der Waals surface area contributed by atoms with Gasteiger partial charge < -0.3 is 0 Å². The van der Waals surface area contributed by atoms with E-state index in [1.165, 1.54) is 17.3 Å². The highest BCUT2D eigenvalue weighted by atomic mass is 127. The van der Waals surface area contributed by atoms with Crippen LogP contribution in [-0.2, 0) is 0 Å². The van der Waals surface area contributed by atoms with Gasteiger partial charge in [-0.3, -0.25) is 4.70 Å². The van der Waals surface area contributed by atoms with Crippen molar-refractivity contribution < 1.29 is 4.70 Å². The molecule has 0 atom stereocenters. The fraction of sp³-hybridized carbons (Fsp3) is 1.00. The average molecular weight is 204 g/mol. The predicted octanol–water partition coefficient (Wildman–Crippen LogP) is 2.37. The lowest BCUT2D eigenvalue weighted by Gasteiger charge is -1.77. The quantitative estimate of drug-likeness (QED) is 0.478. The topological polar surface area (TPSA) is 0 Å². The first-order chi connectivity index (χ1) is 2.41. The van der Waals surface area contributed by atoms with Gasteiger partial charge in [-0.15, -0.1) is 0 Å². The van der Waals surface area contributed by atoms with Crippen LogP contribution in [0.2, 0.25) is 0 Å². The molecule has 0 rings (SSSR count). The highest BCUT2D eigenvalue weighted by Gasteiger charge is 1.69. The summed E-state index contributed by atoms with van der Waals surface area (Å²) in [6, 6.07) is 0. The van der Waals surface area contributed by atoms with E-state index in [2.05, 4.69) is 29.5 Å². The number of alkyl halides is 1. The van der Waals surface area contributed by atoms with E-state index in [9.17, 15) is 0 Å². The van der Waals surface area contributed by atoms with Crippen molar-refractivity contribution in [2.75, 3.05) is 4.43 Å². The Kier molecular flexibility index (Phi) is 15.0. The summed E-state index contributed by atoms with van der Waals surface area (Å²) in [7, 11) is 0. The van der Waals surface area contributed by atoms with Crippen molar-refractivity contribution in [2.24, 2.45) is 0 Å². The van der Waals surface area contributed by atoms with Crippen molar-refractivity contribution in [1.82, 2.24) is 0 Å². The van der Waals surface area contributed by atoms with E-state index in [1.54, 1.807) is 0 Å². The maximum absolute atomic E-state index is 2.39. The van der Waals surface area contributed by atoms with E-state index in [4.69, 9.17) is 0 Å². The summed E-state index contributed by atoms with van der Waals surface area (Å²) in [6.45, 7) is 2.21. The summed E-state index contributed by atoms with van der Waals surface area (Å²) in [4.78, 5) is 0. The molecule has 0 saturated carbocycles. The molecule has 0 amide bonds. The van der Waals surface area contributed by atoms with Crippen LogP contribution < -0.4 is 0 Å². The van der Waals surface area contributed by atoms with Crippen LogP contribution >= 0.6 is 22.6 Å². The minimum Gasteiger partial charge on any atom is -0.269 e. The van der Waals surface area contributed by atoms with Crippen LogP contribution in [0.1, 0.15) is 19.8 Å². The molecule has 0 N–H and O–H groups in total. The van der Waals surface area contributed by atoms with E-state index in [0.717, 1.165) is 0 Å². The van der Waals surface area contributed by atoms with Gasteiger partial charge in [0.15, 0.2) is 0 Å². The molecule has 0 spiro atoms. The molecule has 0 aliphatic carbocycles. The second-order valence-corrected chi connectivity index (χ2v) is 2.12. The van der Waals surface area contributed by atoms with E-state index in [0.29, 0.717) is 0 Å². The number of unbranched alkanes of at least 4 members (excludes halogenated alkanes) is 1. The Morgan fingerprint density at radius 3 is 2.00 bits per heavy atom. The highest BCUT2D eigenvalue weighted by Crippen LogP contribution is 1.90. The third kappa shape index (κ3) is 8.82. The zero-order valence-electron chi connectivity index (χ0n) is 3.91. The third-order valence-electron chi connectivity index (χ3n) is 0.487. The molecule has 40 valence electrons. The molecule has 0 heterocycles. The molecule has 0 aromatic carbocycles. The van der Waals surface area contributed by atoms with Crippen LogP contribution in [-0.4, -0.2) is 4.43 Å². The second-order valence-electron chi connectivity index (χ2n) is 1.04. The molecule has 0 aromatic rings. The van der Waals surface area contributed by atoms with Crippen molar-refractivity contribution in [1.29, 1.82) is 0 Å². The molecule has 0 saturated heterocycles. The molecule has 0 bridgehead atoms. The first kappa shape index (κ1) is 9.83. The molecule has 0 fully saturated rings. The Hall–Kier alpha value is 0.660. The molecule has 0 radical (unpaired) electrons. The minimum absolute atomic E-state index is 0. The van der Waals surface area contributed by atoms with Crippen LogP contribution in [0.25, 0.3) is 0 Å². The Morgan fingerprint density at radius 2 is 2.00 bits per heavy atom. The normalized spacial score (nSPS) is 7.00. The summed E-state index contributed by atoms with van der Waals surface area (Å²) in [6.07, 6.45) is 2.71. The maximum Gasteiger partial charge on any atom is -0.000483 e. The predicted molar refractivity (Wildman–Crippen MR) is 36.3 cm³/mol. The molecule has 6 heavy (non-hydrogen) atoms. The lowest BCUT2D eigenvalue weighted by Crippen LogP contribution is -1.64. The Bertz CT molecular complexity index is 15.0. The zero-order chi connectivity index (χ0) is 4.12. The number of hydrogen-bond acceptors (Lipinski definition) is 0.